The molecule has 0 saturated carbocycles. The lowest BCUT2D eigenvalue weighted by atomic mass is 10.4. The van der Waals surface area contributed by atoms with Gasteiger partial charge in [-0.3, -0.25) is 4.99 Å². The van der Waals surface area contributed by atoms with Crippen molar-refractivity contribution < 1.29 is 0 Å². The quantitative estimate of drug-likeness (QED) is 0.658. The molecule has 0 aliphatic rings. The number of hydrogen-bond acceptors (Lipinski definition) is 4. The van der Waals surface area contributed by atoms with Crippen LogP contribution >= 0.6 is 22.7 Å². The van der Waals surface area contributed by atoms with Gasteiger partial charge < -0.3 is 10.6 Å². The molecule has 102 valence electrons. The van der Waals surface area contributed by atoms with Gasteiger partial charge in [0, 0.05) is 36.0 Å². The highest BCUT2D eigenvalue weighted by Crippen LogP contribution is 2.11. The van der Waals surface area contributed by atoms with Crippen LogP contribution in [0, 0.1) is 6.92 Å². The minimum absolute atomic E-state index is 0.813. The van der Waals surface area contributed by atoms with Crippen LogP contribution in [0.25, 0.3) is 0 Å². The first-order chi connectivity index (χ1) is 9.28. The van der Waals surface area contributed by atoms with Crippen molar-refractivity contribution in [2.24, 2.45) is 4.99 Å². The van der Waals surface area contributed by atoms with Crippen molar-refractivity contribution in [1.82, 2.24) is 15.6 Å². The van der Waals surface area contributed by atoms with Gasteiger partial charge in [-0.15, -0.1) is 22.7 Å². The van der Waals surface area contributed by atoms with Crippen LogP contribution in [-0.2, 0) is 13.0 Å². The minimum atomic E-state index is 0.813. The van der Waals surface area contributed by atoms with Gasteiger partial charge in [0.1, 0.15) is 0 Å². The summed E-state index contributed by atoms with van der Waals surface area (Å²) in [5.74, 6) is 0.835. The zero-order chi connectivity index (χ0) is 13.5. The molecule has 2 rings (SSSR count). The van der Waals surface area contributed by atoms with E-state index in [2.05, 4.69) is 45.0 Å². The molecular weight excluding hydrogens is 276 g/mol. The van der Waals surface area contributed by atoms with Crippen LogP contribution < -0.4 is 10.6 Å². The SMILES string of the molecule is CN=C(NCCc1ncc(C)s1)NCc1cccs1. The average Bonchev–Trinajstić information content (AvgIpc) is 3.05. The lowest BCUT2D eigenvalue weighted by Crippen LogP contribution is -2.37. The average molecular weight is 294 g/mol. The van der Waals surface area contributed by atoms with Gasteiger partial charge in [-0.1, -0.05) is 6.07 Å². The van der Waals surface area contributed by atoms with Crippen LogP contribution in [0.3, 0.4) is 0 Å². The second kappa shape index (κ2) is 7.25. The predicted molar refractivity (Wildman–Crippen MR) is 83.1 cm³/mol. The number of guanidine groups is 1. The third-order valence-corrected chi connectivity index (χ3v) is 4.38. The summed E-state index contributed by atoms with van der Waals surface area (Å²) in [4.78, 5) is 11.1. The Bertz CT molecular complexity index is 516. The van der Waals surface area contributed by atoms with E-state index >= 15 is 0 Å². The number of rotatable bonds is 5. The van der Waals surface area contributed by atoms with Gasteiger partial charge >= 0.3 is 0 Å². The van der Waals surface area contributed by atoms with Crippen molar-refractivity contribution in [3.63, 3.8) is 0 Å². The van der Waals surface area contributed by atoms with Crippen LogP contribution in [0.2, 0.25) is 0 Å². The zero-order valence-corrected chi connectivity index (χ0v) is 12.8. The number of thiophene rings is 1. The minimum Gasteiger partial charge on any atom is -0.356 e. The highest BCUT2D eigenvalue weighted by molar-refractivity contribution is 7.11. The van der Waals surface area contributed by atoms with E-state index in [9.17, 15) is 0 Å². The van der Waals surface area contributed by atoms with Crippen LogP contribution in [0.5, 0.6) is 0 Å². The van der Waals surface area contributed by atoms with E-state index in [1.54, 1.807) is 29.7 Å². The molecule has 0 bridgehead atoms. The Hall–Kier alpha value is -1.40. The van der Waals surface area contributed by atoms with Gasteiger partial charge in [-0.2, -0.15) is 0 Å². The Morgan fingerprint density at radius 3 is 2.95 bits per heavy atom. The Morgan fingerprint density at radius 1 is 1.42 bits per heavy atom. The van der Waals surface area contributed by atoms with Crippen molar-refractivity contribution in [3.05, 3.63) is 38.5 Å². The molecule has 2 heterocycles. The van der Waals surface area contributed by atoms with Crippen molar-refractivity contribution in [2.45, 2.75) is 19.9 Å². The number of thiazole rings is 1. The third-order valence-electron chi connectivity index (χ3n) is 2.53. The van der Waals surface area contributed by atoms with Crippen molar-refractivity contribution >= 4 is 28.6 Å². The maximum absolute atomic E-state index is 4.34. The van der Waals surface area contributed by atoms with Gasteiger partial charge in [-0.05, 0) is 18.4 Å². The van der Waals surface area contributed by atoms with E-state index in [1.807, 2.05) is 6.20 Å². The number of aryl methyl sites for hydroxylation is 1. The first-order valence-corrected chi connectivity index (χ1v) is 7.86. The largest absolute Gasteiger partial charge is 0.356 e. The first-order valence-electron chi connectivity index (χ1n) is 6.16. The summed E-state index contributed by atoms with van der Waals surface area (Å²) in [5.41, 5.74) is 0. The van der Waals surface area contributed by atoms with Crippen LogP contribution in [0.1, 0.15) is 14.8 Å². The van der Waals surface area contributed by atoms with Crippen LogP contribution in [0.15, 0.2) is 28.7 Å². The molecular formula is C13H18N4S2. The molecule has 0 unspecified atom stereocenters. The summed E-state index contributed by atoms with van der Waals surface area (Å²) in [5, 5.41) is 9.84. The van der Waals surface area contributed by atoms with Crippen LogP contribution in [-0.4, -0.2) is 24.5 Å². The fourth-order valence-corrected chi connectivity index (χ4v) is 3.04. The number of aromatic nitrogens is 1. The number of aliphatic imine (C=N–C) groups is 1. The number of nitrogens with zero attached hydrogens (tertiary/aromatic N) is 2. The summed E-state index contributed by atoms with van der Waals surface area (Å²) >= 11 is 3.49. The molecule has 19 heavy (non-hydrogen) atoms. The van der Waals surface area contributed by atoms with Gasteiger partial charge in [-0.25, -0.2) is 4.98 Å². The van der Waals surface area contributed by atoms with Crippen LogP contribution in [0.4, 0.5) is 0 Å². The first kappa shape index (κ1) is 14.0. The maximum atomic E-state index is 4.34. The highest BCUT2D eigenvalue weighted by atomic mass is 32.1. The number of nitrogens with one attached hydrogen (secondary N) is 2. The lowest BCUT2D eigenvalue weighted by Gasteiger charge is -2.10. The smallest absolute Gasteiger partial charge is 0.191 e. The van der Waals surface area contributed by atoms with Gasteiger partial charge in [0.15, 0.2) is 5.96 Å². The molecule has 6 heteroatoms. The summed E-state index contributed by atoms with van der Waals surface area (Å²) < 4.78 is 0. The Kier molecular flexibility index (Phi) is 5.35. The molecule has 0 spiro atoms. The topological polar surface area (TPSA) is 49.3 Å². The molecule has 0 radical (unpaired) electrons. The standard InChI is InChI=1S/C13H18N4S2/c1-10-8-16-12(19-10)5-6-15-13(14-2)17-9-11-4-3-7-18-11/h3-4,7-8H,5-6,9H2,1-2H3,(H2,14,15,17). The van der Waals surface area contributed by atoms with Crippen molar-refractivity contribution in [1.29, 1.82) is 0 Å². The molecule has 2 aromatic rings. The predicted octanol–water partition coefficient (Wildman–Crippen LogP) is 2.42. The Balaban J connectivity index is 1.71. The molecule has 0 aliphatic carbocycles. The molecule has 4 nitrogen and oxygen atoms in total. The normalized spacial score (nSPS) is 11.6. The van der Waals surface area contributed by atoms with E-state index in [0.29, 0.717) is 0 Å². The van der Waals surface area contributed by atoms with Gasteiger partial charge in [0.25, 0.3) is 0 Å². The molecule has 2 N–H and O–H groups in total. The summed E-state index contributed by atoms with van der Waals surface area (Å²) in [6.45, 7) is 3.74. The molecule has 0 aliphatic heterocycles. The number of hydrogen-bond donors (Lipinski definition) is 2. The van der Waals surface area contributed by atoms with E-state index in [1.165, 1.54) is 14.8 Å². The Labute approximate surface area is 121 Å². The molecule has 0 atom stereocenters. The lowest BCUT2D eigenvalue weighted by molar-refractivity contribution is 0.796. The van der Waals surface area contributed by atoms with E-state index in [-0.39, 0.29) is 0 Å². The molecule has 2 aromatic heterocycles. The Morgan fingerprint density at radius 2 is 2.32 bits per heavy atom. The second-order valence-corrected chi connectivity index (χ2v) is 6.40. The monoisotopic (exact) mass is 294 g/mol. The molecule has 0 amide bonds. The highest BCUT2D eigenvalue weighted by Gasteiger charge is 2.01. The van der Waals surface area contributed by atoms with Crippen molar-refractivity contribution in [2.75, 3.05) is 13.6 Å². The fourth-order valence-electron chi connectivity index (χ4n) is 1.61. The molecule has 0 saturated heterocycles. The summed E-state index contributed by atoms with van der Waals surface area (Å²) in [6.07, 6.45) is 2.85. The van der Waals surface area contributed by atoms with E-state index in [4.69, 9.17) is 0 Å². The summed E-state index contributed by atoms with van der Waals surface area (Å²) in [7, 11) is 1.79. The zero-order valence-electron chi connectivity index (χ0n) is 11.1. The summed E-state index contributed by atoms with van der Waals surface area (Å²) in [6, 6.07) is 4.17. The molecule has 0 aromatic carbocycles. The maximum Gasteiger partial charge on any atom is 0.191 e. The second-order valence-electron chi connectivity index (χ2n) is 4.05. The van der Waals surface area contributed by atoms with Gasteiger partial charge in [0.05, 0.1) is 11.6 Å². The molecule has 0 fully saturated rings. The third kappa shape index (κ3) is 4.65. The fraction of sp³-hybridized carbons (Fsp3) is 0.385. The van der Waals surface area contributed by atoms with Gasteiger partial charge in [0.2, 0.25) is 0 Å². The van der Waals surface area contributed by atoms with E-state index < -0.39 is 0 Å². The van der Waals surface area contributed by atoms with E-state index in [0.717, 1.165) is 25.5 Å². The van der Waals surface area contributed by atoms with Crippen molar-refractivity contribution in [3.8, 4) is 0 Å².